The van der Waals surface area contributed by atoms with Gasteiger partial charge in [-0.1, -0.05) is 30.3 Å². The molecule has 2 aliphatic carbocycles. The molecule has 2 N–H and O–H groups in total. The van der Waals surface area contributed by atoms with Gasteiger partial charge in [0.25, 0.3) is 5.91 Å². The largest absolute Gasteiger partial charge is 0.396 e. The molecule has 0 spiro atoms. The van der Waals surface area contributed by atoms with Gasteiger partial charge in [0, 0.05) is 29.3 Å². The third kappa shape index (κ3) is 2.87. The SMILES string of the molecule is O=C(NC1CCC(CO)CC1)c1ccc2c(c1)C(=O)c1ccccc1-2. The monoisotopic (exact) mass is 335 g/mol. The van der Waals surface area contributed by atoms with Gasteiger partial charge >= 0.3 is 0 Å². The molecule has 4 rings (SSSR count). The minimum absolute atomic E-state index is 0.0105. The maximum Gasteiger partial charge on any atom is 0.251 e. The molecule has 0 heterocycles. The van der Waals surface area contributed by atoms with E-state index in [1.165, 1.54) is 0 Å². The Morgan fingerprint density at radius 1 is 0.960 bits per heavy atom. The Morgan fingerprint density at radius 3 is 2.36 bits per heavy atom. The summed E-state index contributed by atoms with van der Waals surface area (Å²) in [4.78, 5) is 25.1. The molecule has 2 aromatic rings. The molecule has 1 amide bonds. The zero-order valence-corrected chi connectivity index (χ0v) is 14.0. The maximum atomic E-state index is 12.6. The zero-order valence-electron chi connectivity index (χ0n) is 14.0. The maximum absolute atomic E-state index is 12.6. The van der Waals surface area contributed by atoms with E-state index in [2.05, 4.69) is 5.32 Å². The first-order chi connectivity index (χ1) is 12.2. The highest BCUT2D eigenvalue weighted by atomic mass is 16.3. The van der Waals surface area contributed by atoms with Gasteiger partial charge in [0.2, 0.25) is 0 Å². The predicted molar refractivity (Wildman–Crippen MR) is 95.6 cm³/mol. The smallest absolute Gasteiger partial charge is 0.251 e. The average molecular weight is 335 g/mol. The summed E-state index contributed by atoms with van der Waals surface area (Å²) in [5.41, 5.74) is 3.69. The number of rotatable bonds is 3. The van der Waals surface area contributed by atoms with Crippen LogP contribution >= 0.6 is 0 Å². The lowest BCUT2D eigenvalue weighted by Gasteiger charge is -2.28. The minimum Gasteiger partial charge on any atom is -0.396 e. The molecule has 4 nitrogen and oxygen atoms in total. The standard InChI is InChI=1S/C21H21NO3/c23-12-13-5-8-15(9-6-13)22-21(25)14-7-10-17-16-3-1-2-4-18(16)20(24)19(17)11-14/h1-4,7,10-11,13,15,23H,5-6,8-9,12H2,(H,22,25). The second-order valence-electron chi connectivity index (χ2n) is 7.01. The molecule has 2 aromatic carbocycles. The highest BCUT2D eigenvalue weighted by molar-refractivity contribution is 6.22. The lowest BCUT2D eigenvalue weighted by atomic mass is 9.86. The third-order valence-electron chi connectivity index (χ3n) is 5.43. The van der Waals surface area contributed by atoms with Crippen molar-refractivity contribution in [2.24, 2.45) is 5.92 Å². The van der Waals surface area contributed by atoms with Crippen LogP contribution in [0, 0.1) is 5.92 Å². The lowest BCUT2D eigenvalue weighted by Crippen LogP contribution is -2.38. The van der Waals surface area contributed by atoms with Gasteiger partial charge in [-0.25, -0.2) is 0 Å². The minimum atomic E-state index is -0.126. The molecule has 25 heavy (non-hydrogen) atoms. The van der Waals surface area contributed by atoms with E-state index < -0.39 is 0 Å². The zero-order chi connectivity index (χ0) is 17.4. The Bertz CT molecular complexity index is 835. The molecule has 4 heteroatoms. The van der Waals surface area contributed by atoms with E-state index in [1.54, 1.807) is 12.1 Å². The lowest BCUT2D eigenvalue weighted by molar-refractivity contribution is 0.0914. The van der Waals surface area contributed by atoms with Crippen LogP contribution in [0.1, 0.15) is 52.0 Å². The summed E-state index contributed by atoms with van der Waals surface area (Å²) in [6, 6.07) is 13.1. The molecule has 0 radical (unpaired) electrons. The number of aliphatic hydroxyl groups is 1. The number of amides is 1. The number of carbonyl (C=O) groups is 2. The molecule has 0 aliphatic heterocycles. The van der Waals surface area contributed by atoms with E-state index in [4.69, 9.17) is 0 Å². The first-order valence-electron chi connectivity index (χ1n) is 8.87. The summed E-state index contributed by atoms with van der Waals surface area (Å²) in [5, 5.41) is 12.3. The van der Waals surface area contributed by atoms with Crippen molar-refractivity contribution in [1.29, 1.82) is 0 Å². The van der Waals surface area contributed by atoms with Crippen LogP contribution in [0.5, 0.6) is 0 Å². The average Bonchev–Trinajstić information content (AvgIpc) is 2.95. The molecule has 2 aliphatic rings. The van der Waals surface area contributed by atoms with Gasteiger partial charge in [0.05, 0.1) is 0 Å². The Kier molecular flexibility index (Phi) is 4.14. The van der Waals surface area contributed by atoms with Crippen LogP contribution < -0.4 is 5.32 Å². The van der Waals surface area contributed by atoms with E-state index in [0.29, 0.717) is 22.6 Å². The molecule has 0 aromatic heterocycles. The van der Waals surface area contributed by atoms with Crippen LogP contribution in [0.25, 0.3) is 11.1 Å². The van der Waals surface area contributed by atoms with Gasteiger partial charge in [0.1, 0.15) is 0 Å². The normalized spacial score (nSPS) is 21.6. The van der Waals surface area contributed by atoms with Crippen LogP contribution in [-0.4, -0.2) is 29.4 Å². The molecule has 0 unspecified atom stereocenters. The second-order valence-corrected chi connectivity index (χ2v) is 7.01. The van der Waals surface area contributed by atoms with Crippen molar-refractivity contribution in [1.82, 2.24) is 5.32 Å². The van der Waals surface area contributed by atoms with Gasteiger partial charge in [-0.15, -0.1) is 0 Å². The van der Waals surface area contributed by atoms with Crippen LogP contribution in [0.3, 0.4) is 0 Å². The first-order valence-corrected chi connectivity index (χ1v) is 8.87. The fourth-order valence-electron chi connectivity index (χ4n) is 3.93. The van der Waals surface area contributed by atoms with Crippen LogP contribution in [0.15, 0.2) is 42.5 Å². The molecule has 1 fully saturated rings. The number of aliphatic hydroxyl groups excluding tert-OH is 1. The number of ketones is 1. The van der Waals surface area contributed by atoms with Crippen molar-refractivity contribution in [3.8, 4) is 11.1 Å². The summed E-state index contributed by atoms with van der Waals surface area (Å²) in [6.45, 7) is 0.230. The molecule has 0 atom stereocenters. The van der Waals surface area contributed by atoms with Gasteiger partial charge in [-0.2, -0.15) is 0 Å². The van der Waals surface area contributed by atoms with Crippen LogP contribution in [0.2, 0.25) is 0 Å². The summed E-state index contributed by atoms with van der Waals surface area (Å²) in [5.74, 6) is 0.229. The van der Waals surface area contributed by atoms with Gasteiger partial charge in [-0.3, -0.25) is 9.59 Å². The van der Waals surface area contributed by atoms with Crippen molar-refractivity contribution in [3.05, 3.63) is 59.2 Å². The summed E-state index contributed by atoms with van der Waals surface area (Å²) in [7, 11) is 0. The van der Waals surface area contributed by atoms with Crippen molar-refractivity contribution >= 4 is 11.7 Å². The van der Waals surface area contributed by atoms with E-state index in [-0.39, 0.29) is 24.3 Å². The Morgan fingerprint density at radius 2 is 1.64 bits per heavy atom. The predicted octanol–water partition coefficient (Wildman–Crippen LogP) is 3.18. The summed E-state index contributed by atoms with van der Waals surface area (Å²) >= 11 is 0. The van der Waals surface area contributed by atoms with E-state index in [0.717, 1.165) is 36.8 Å². The Labute approximate surface area is 146 Å². The van der Waals surface area contributed by atoms with Gasteiger partial charge in [-0.05, 0) is 54.9 Å². The molecule has 1 saturated carbocycles. The molecule has 0 saturated heterocycles. The second kappa shape index (κ2) is 6.45. The Hall–Kier alpha value is -2.46. The van der Waals surface area contributed by atoms with E-state index in [9.17, 15) is 14.7 Å². The number of carbonyl (C=O) groups excluding carboxylic acids is 2. The highest BCUT2D eigenvalue weighted by Gasteiger charge is 2.28. The summed E-state index contributed by atoms with van der Waals surface area (Å²) < 4.78 is 0. The van der Waals surface area contributed by atoms with Crippen molar-refractivity contribution < 1.29 is 14.7 Å². The molecular weight excluding hydrogens is 314 g/mol. The molecular formula is C21H21NO3. The first kappa shape index (κ1) is 16.0. The Balaban J connectivity index is 1.51. The van der Waals surface area contributed by atoms with Crippen LogP contribution in [0.4, 0.5) is 0 Å². The molecule has 0 bridgehead atoms. The molecule has 128 valence electrons. The number of hydrogen-bond donors (Lipinski definition) is 2. The highest BCUT2D eigenvalue weighted by Crippen LogP contribution is 2.36. The van der Waals surface area contributed by atoms with Crippen molar-refractivity contribution in [2.75, 3.05) is 6.61 Å². The number of hydrogen-bond acceptors (Lipinski definition) is 3. The van der Waals surface area contributed by atoms with Crippen molar-refractivity contribution in [2.45, 2.75) is 31.7 Å². The van der Waals surface area contributed by atoms with Crippen LogP contribution in [-0.2, 0) is 0 Å². The number of nitrogens with one attached hydrogen (secondary N) is 1. The fraction of sp³-hybridized carbons (Fsp3) is 0.333. The van der Waals surface area contributed by atoms with E-state index >= 15 is 0 Å². The third-order valence-corrected chi connectivity index (χ3v) is 5.43. The topological polar surface area (TPSA) is 66.4 Å². The number of fused-ring (bicyclic) bond motifs is 3. The number of benzene rings is 2. The summed E-state index contributed by atoms with van der Waals surface area (Å²) in [6.07, 6.45) is 3.68. The van der Waals surface area contributed by atoms with Gasteiger partial charge in [0.15, 0.2) is 5.78 Å². The fourth-order valence-corrected chi connectivity index (χ4v) is 3.93. The van der Waals surface area contributed by atoms with E-state index in [1.807, 2.05) is 30.3 Å². The van der Waals surface area contributed by atoms with Crippen molar-refractivity contribution in [3.63, 3.8) is 0 Å². The van der Waals surface area contributed by atoms with Gasteiger partial charge < -0.3 is 10.4 Å². The quantitative estimate of drug-likeness (QED) is 0.772.